The van der Waals surface area contributed by atoms with Crippen molar-refractivity contribution in [2.24, 2.45) is 0 Å². The zero-order valence-electron chi connectivity index (χ0n) is 12.2. The third kappa shape index (κ3) is 4.98. The Balaban J connectivity index is 1.73. The fourth-order valence-electron chi connectivity index (χ4n) is 1.94. The van der Waals surface area contributed by atoms with E-state index in [1.165, 1.54) is 18.2 Å². The topological polar surface area (TPSA) is 38.3 Å². The van der Waals surface area contributed by atoms with Crippen LogP contribution in [0.1, 0.15) is 22.3 Å². The van der Waals surface area contributed by atoms with Gasteiger partial charge in [0.25, 0.3) is 5.91 Å². The van der Waals surface area contributed by atoms with Gasteiger partial charge in [-0.05, 0) is 71.8 Å². The largest absolute Gasteiger partial charge is 0.494 e. The molecule has 2 rings (SSSR count). The van der Waals surface area contributed by atoms with E-state index in [9.17, 15) is 9.18 Å². The molecule has 0 aliphatic carbocycles. The van der Waals surface area contributed by atoms with Crippen molar-refractivity contribution in [1.29, 1.82) is 0 Å². The van der Waals surface area contributed by atoms with Crippen LogP contribution in [0.25, 0.3) is 0 Å². The first kappa shape index (κ1) is 16.7. The Labute approximate surface area is 143 Å². The summed E-state index contributed by atoms with van der Waals surface area (Å²) < 4.78 is 19.2. The molecule has 0 saturated heterocycles. The van der Waals surface area contributed by atoms with Gasteiger partial charge in [-0.1, -0.05) is 12.1 Å². The third-order valence-corrected chi connectivity index (χ3v) is 3.93. The highest BCUT2D eigenvalue weighted by Crippen LogP contribution is 2.14. The van der Waals surface area contributed by atoms with Gasteiger partial charge in [0.1, 0.15) is 11.6 Å². The van der Waals surface area contributed by atoms with Crippen LogP contribution >= 0.6 is 22.6 Å². The van der Waals surface area contributed by atoms with Crippen molar-refractivity contribution < 1.29 is 13.9 Å². The molecule has 0 radical (unpaired) electrons. The molecule has 0 spiro atoms. The van der Waals surface area contributed by atoms with Gasteiger partial charge >= 0.3 is 0 Å². The van der Waals surface area contributed by atoms with E-state index in [-0.39, 0.29) is 11.7 Å². The standard InChI is InChI=1S/C17H17FINO2/c1-12-4-2-5-14(10-12)22-9-3-8-20-17(21)15-7-6-13(18)11-16(15)19/h2,4-7,10-11H,3,8-9H2,1H3,(H,20,21). The summed E-state index contributed by atoms with van der Waals surface area (Å²) in [7, 11) is 0. The molecule has 0 bridgehead atoms. The van der Waals surface area contributed by atoms with E-state index in [0.29, 0.717) is 28.7 Å². The summed E-state index contributed by atoms with van der Waals surface area (Å²) in [5.74, 6) is 0.298. The molecule has 0 atom stereocenters. The second-order valence-electron chi connectivity index (χ2n) is 4.90. The van der Waals surface area contributed by atoms with Crippen LogP contribution in [0.5, 0.6) is 5.75 Å². The molecule has 0 saturated carbocycles. The van der Waals surface area contributed by atoms with E-state index in [1.807, 2.05) is 53.8 Å². The van der Waals surface area contributed by atoms with Gasteiger partial charge in [0.2, 0.25) is 0 Å². The van der Waals surface area contributed by atoms with Gasteiger partial charge in [-0.3, -0.25) is 4.79 Å². The number of ether oxygens (including phenoxy) is 1. The first-order valence-corrected chi connectivity index (χ1v) is 8.07. The van der Waals surface area contributed by atoms with E-state index in [4.69, 9.17) is 4.74 Å². The van der Waals surface area contributed by atoms with Crippen LogP contribution < -0.4 is 10.1 Å². The predicted molar refractivity (Wildman–Crippen MR) is 92.7 cm³/mol. The maximum Gasteiger partial charge on any atom is 0.252 e. The van der Waals surface area contributed by atoms with Crippen molar-refractivity contribution in [3.05, 3.63) is 63.0 Å². The van der Waals surface area contributed by atoms with Crippen LogP contribution in [0.15, 0.2) is 42.5 Å². The highest BCUT2D eigenvalue weighted by atomic mass is 127. The number of benzene rings is 2. The zero-order valence-corrected chi connectivity index (χ0v) is 14.4. The number of hydrogen-bond donors (Lipinski definition) is 1. The number of carbonyl (C=O) groups excluding carboxylic acids is 1. The molecule has 1 amide bonds. The Morgan fingerprint density at radius 1 is 1.27 bits per heavy atom. The Hall–Kier alpha value is -1.63. The minimum Gasteiger partial charge on any atom is -0.494 e. The van der Waals surface area contributed by atoms with Crippen molar-refractivity contribution in [2.75, 3.05) is 13.2 Å². The van der Waals surface area contributed by atoms with Gasteiger partial charge < -0.3 is 10.1 Å². The Morgan fingerprint density at radius 3 is 2.82 bits per heavy atom. The van der Waals surface area contributed by atoms with Gasteiger partial charge in [0.05, 0.1) is 12.2 Å². The molecular formula is C17H17FINO2. The highest BCUT2D eigenvalue weighted by molar-refractivity contribution is 14.1. The van der Waals surface area contributed by atoms with Crippen LogP contribution in [-0.4, -0.2) is 19.1 Å². The maximum atomic E-state index is 13.0. The summed E-state index contributed by atoms with van der Waals surface area (Å²) in [4.78, 5) is 12.0. The summed E-state index contributed by atoms with van der Waals surface area (Å²) in [5.41, 5.74) is 1.64. The van der Waals surface area contributed by atoms with Crippen LogP contribution in [0, 0.1) is 16.3 Å². The molecule has 0 heterocycles. The molecule has 2 aromatic rings. The maximum absolute atomic E-state index is 13.0. The molecule has 0 fully saturated rings. The van der Waals surface area contributed by atoms with Gasteiger partial charge in [0.15, 0.2) is 0 Å². The van der Waals surface area contributed by atoms with Crippen LogP contribution in [0.2, 0.25) is 0 Å². The first-order chi connectivity index (χ1) is 10.6. The molecule has 0 unspecified atom stereocenters. The second kappa shape index (κ2) is 8.12. The number of halogens is 2. The second-order valence-corrected chi connectivity index (χ2v) is 6.06. The monoisotopic (exact) mass is 413 g/mol. The van der Waals surface area contributed by atoms with Crippen LogP contribution in [-0.2, 0) is 0 Å². The number of aryl methyl sites for hydroxylation is 1. The summed E-state index contributed by atoms with van der Waals surface area (Å²) >= 11 is 1.95. The summed E-state index contributed by atoms with van der Waals surface area (Å²) in [6, 6.07) is 12.0. The Kier molecular flexibility index (Phi) is 6.18. The molecule has 2 aromatic carbocycles. The number of rotatable bonds is 6. The number of hydrogen-bond acceptors (Lipinski definition) is 2. The minimum absolute atomic E-state index is 0.194. The number of nitrogens with one attached hydrogen (secondary N) is 1. The van der Waals surface area contributed by atoms with E-state index in [0.717, 1.165) is 11.3 Å². The lowest BCUT2D eigenvalue weighted by Gasteiger charge is -2.09. The fraction of sp³-hybridized carbons (Fsp3) is 0.235. The normalized spacial score (nSPS) is 10.3. The molecule has 1 N–H and O–H groups in total. The number of carbonyl (C=O) groups is 1. The van der Waals surface area contributed by atoms with Crippen molar-refractivity contribution in [3.63, 3.8) is 0 Å². The molecule has 5 heteroatoms. The lowest BCUT2D eigenvalue weighted by atomic mass is 10.2. The summed E-state index contributed by atoms with van der Waals surface area (Å²) in [5, 5.41) is 2.81. The molecule has 0 aliphatic heterocycles. The van der Waals surface area contributed by atoms with Crippen LogP contribution in [0.4, 0.5) is 4.39 Å². The van der Waals surface area contributed by atoms with Crippen molar-refractivity contribution >= 4 is 28.5 Å². The molecule has 3 nitrogen and oxygen atoms in total. The SMILES string of the molecule is Cc1cccc(OCCCNC(=O)c2ccc(F)cc2I)c1. The van der Waals surface area contributed by atoms with Crippen molar-refractivity contribution in [2.45, 2.75) is 13.3 Å². The van der Waals surface area contributed by atoms with Crippen LogP contribution in [0.3, 0.4) is 0 Å². The van der Waals surface area contributed by atoms with Crippen molar-refractivity contribution in [3.8, 4) is 5.75 Å². The minimum atomic E-state index is -0.340. The number of amides is 1. The third-order valence-electron chi connectivity index (χ3n) is 3.04. The Bertz CT molecular complexity index is 661. The average molecular weight is 413 g/mol. The van der Waals surface area contributed by atoms with Gasteiger partial charge in [0, 0.05) is 10.1 Å². The molecular weight excluding hydrogens is 396 g/mol. The lowest BCUT2D eigenvalue weighted by molar-refractivity contribution is 0.0950. The molecule has 116 valence electrons. The highest BCUT2D eigenvalue weighted by Gasteiger charge is 2.09. The van der Waals surface area contributed by atoms with Crippen molar-refractivity contribution in [1.82, 2.24) is 5.32 Å². The van der Waals surface area contributed by atoms with E-state index < -0.39 is 0 Å². The zero-order chi connectivity index (χ0) is 15.9. The molecule has 0 aliphatic rings. The molecule has 0 aromatic heterocycles. The van der Waals surface area contributed by atoms with Gasteiger partial charge in [-0.25, -0.2) is 4.39 Å². The van der Waals surface area contributed by atoms with E-state index >= 15 is 0 Å². The lowest BCUT2D eigenvalue weighted by Crippen LogP contribution is -2.26. The molecule has 22 heavy (non-hydrogen) atoms. The fourth-order valence-corrected chi connectivity index (χ4v) is 2.66. The predicted octanol–water partition coefficient (Wildman–Crippen LogP) is 3.94. The quantitative estimate of drug-likeness (QED) is 0.576. The van der Waals surface area contributed by atoms with E-state index in [1.54, 1.807) is 0 Å². The van der Waals surface area contributed by atoms with Gasteiger partial charge in [-0.2, -0.15) is 0 Å². The average Bonchev–Trinajstić information content (AvgIpc) is 2.46. The Morgan fingerprint density at radius 2 is 2.09 bits per heavy atom. The first-order valence-electron chi connectivity index (χ1n) is 6.99. The summed E-state index contributed by atoms with van der Waals surface area (Å²) in [6.07, 6.45) is 0.706. The van der Waals surface area contributed by atoms with E-state index in [2.05, 4.69) is 5.32 Å². The van der Waals surface area contributed by atoms with Gasteiger partial charge in [-0.15, -0.1) is 0 Å². The smallest absolute Gasteiger partial charge is 0.252 e. The summed E-state index contributed by atoms with van der Waals surface area (Å²) in [6.45, 7) is 3.06.